The molecule has 2 aromatic heterocycles. The number of carbonyl (C=O) groups excluding carboxylic acids is 1. The summed E-state index contributed by atoms with van der Waals surface area (Å²) in [6, 6.07) is 8.92. The van der Waals surface area contributed by atoms with Gasteiger partial charge in [0.05, 0.1) is 22.1 Å². The van der Waals surface area contributed by atoms with Crippen LogP contribution in [0.3, 0.4) is 0 Å². The number of hydrogen-bond acceptors (Lipinski definition) is 3. The molecule has 0 saturated carbocycles. The van der Waals surface area contributed by atoms with Crippen molar-refractivity contribution >= 4 is 34.9 Å². The van der Waals surface area contributed by atoms with Crippen molar-refractivity contribution in [3.05, 3.63) is 63.5 Å². The van der Waals surface area contributed by atoms with Crippen LogP contribution in [0.25, 0.3) is 5.65 Å². The molecule has 2 atom stereocenters. The van der Waals surface area contributed by atoms with Crippen LogP contribution in [0.15, 0.2) is 36.5 Å². The van der Waals surface area contributed by atoms with E-state index >= 15 is 0 Å². The lowest BCUT2D eigenvalue weighted by atomic mass is 10.1. The minimum absolute atomic E-state index is 0.0813. The fourth-order valence-corrected chi connectivity index (χ4v) is 4.24. The molecule has 1 aliphatic rings. The maximum absolute atomic E-state index is 12.7. The molecule has 0 aliphatic heterocycles. The molecule has 0 saturated heterocycles. The fourth-order valence-electron chi connectivity index (χ4n) is 3.79. The summed E-state index contributed by atoms with van der Waals surface area (Å²) < 4.78 is 1.91. The maximum Gasteiger partial charge on any atom is 0.315 e. The van der Waals surface area contributed by atoms with Crippen LogP contribution in [-0.4, -0.2) is 20.6 Å². The number of urea groups is 1. The summed E-state index contributed by atoms with van der Waals surface area (Å²) in [5.74, 6) is 0.731. The molecule has 2 heterocycles. The number of benzene rings is 1. The first kappa shape index (κ1) is 19.0. The third-order valence-electron chi connectivity index (χ3n) is 5.13. The zero-order valence-electron chi connectivity index (χ0n) is 15.5. The summed E-state index contributed by atoms with van der Waals surface area (Å²) in [7, 11) is 0. The molecular formula is C20H21Cl2N5O. The molecule has 2 amide bonds. The largest absolute Gasteiger partial charge is 0.331 e. The molecule has 1 aromatic carbocycles. The van der Waals surface area contributed by atoms with Crippen molar-refractivity contribution in [2.75, 3.05) is 0 Å². The first-order valence-corrected chi connectivity index (χ1v) is 10.2. The predicted molar refractivity (Wildman–Crippen MR) is 110 cm³/mol. The summed E-state index contributed by atoms with van der Waals surface area (Å²) in [6.07, 6.45) is 5.19. The van der Waals surface area contributed by atoms with Crippen molar-refractivity contribution in [3.8, 4) is 0 Å². The Balaban J connectivity index is 1.50. The number of nitrogens with one attached hydrogen (secondary N) is 2. The summed E-state index contributed by atoms with van der Waals surface area (Å²) >= 11 is 12.4. The molecule has 0 fully saturated rings. The quantitative estimate of drug-likeness (QED) is 0.622. The zero-order chi connectivity index (χ0) is 19.7. The van der Waals surface area contributed by atoms with Crippen LogP contribution in [0.2, 0.25) is 10.0 Å². The Morgan fingerprint density at radius 3 is 2.96 bits per heavy atom. The molecule has 6 nitrogen and oxygen atoms in total. The minimum atomic E-state index is -0.227. The first-order valence-electron chi connectivity index (χ1n) is 9.42. The normalized spacial score (nSPS) is 16.8. The van der Waals surface area contributed by atoms with Gasteiger partial charge in [-0.25, -0.2) is 4.79 Å². The van der Waals surface area contributed by atoms with Crippen LogP contribution in [0.5, 0.6) is 0 Å². The summed E-state index contributed by atoms with van der Waals surface area (Å²) in [4.78, 5) is 12.7. The molecule has 8 heteroatoms. The van der Waals surface area contributed by atoms with Gasteiger partial charge in [-0.15, -0.1) is 10.2 Å². The van der Waals surface area contributed by atoms with Crippen molar-refractivity contribution in [3.63, 3.8) is 0 Å². The van der Waals surface area contributed by atoms with Gasteiger partial charge in [-0.05, 0) is 48.6 Å². The molecule has 0 spiro atoms. The fraction of sp³-hybridized carbons (Fsp3) is 0.350. The number of carbonyl (C=O) groups is 1. The maximum atomic E-state index is 12.7. The molecule has 28 heavy (non-hydrogen) atoms. The van der Waals surface area contributed by atoms with Crippen molar-refractivity contribution in [1.82, 2.24) is 25.2 Å². The monoisotopic (exact) mass is 417 g/mol. The van der Waals surface area contributed by atoms with E-state index in [9.17, 15) is 4.79 Å². The van der Waals surface area contributed by atoms with E-state index in [1.807, 2.05) is 34.9 Å². The van der Waals surface area contributed by atoms with Crippen LogP contribution in [-0.2, 0) is 6.42 Å². The number of fused-ring (bicyclic) bond motifs is 2. The van der Waals surface area contributed by atoms with E-state index < -0.39 is 0 Å². The second-order valence-corrected chi connectivity index (χ2v) is 7.75. The number of pyridine rings is 1. The van der Waals surface area contributed by atoms with Crippen molar-refractivity contribution in [1.29, 1.82) is 0 Å². The average molecular weight is 418 g/mol. The summed E-state index contributed by atoms with van der Waals surface area (Å²) in [5.41, 5.74) is 2.81. The van der Waals surface area contributed by atoms with Crippen LogP contribution >= 0.6 is 23.2 Å². The number of halogens is 2. The standard InChI is InChI=1S/C20H21Cl2N5O/c1-2-5-16(19-26-25-17-6-3-4-11-27(17)19)24-20(28)23-15-10-8-13-12(15)7-9-14(21)18(13)22/h3-4,6-7,9,11,15-16H,2,5,8,10H2,1H3,(H2,23,24,28). The third kappa shape index (κ3) is 3.54. The number of rotatable bonds is 5. The number of nitrogens with zero attached hydrogens (tertiary/aromatic N) is 3. The summed E-state index contributed by atoms with van der Waals surface area (Å²) in [6.45, 7) is 2.08. The van der Waals surface area contributed by atoms with Crippen molar-refractivity contribution < 1.29 is 4.79 Å². The molecule has 0 radical (unpaired) electrons. The van der Waals surface area contributed by atoms with Crippen molar-refractivity contribution in [2.24, 2.45) is 0 Å². The highest BCUT2D eigenvalue weighted by molar-refractivity contribution is 6.42. The van der Waals surface area contributed by atoms with Crippen molar-refractivity contribution in [2.45, 2.75) is 44.7 Å². The third-order valence-corrected chi connectivity index (χ3v) is 5.97. The smallest absolute Gasteiger partial charge is 0.315 e. The Kier molecular flexibility index (Phi) is 5.42. The van der Waals surface area contributed by atoms with Gasteiger partial charge in [-0.1, -0.05) is 48.7 Å². The number of amides is 2. The lowest BCUT2D eigenvalue weighted by Gasteiger charge is -2.20. The van der Waals surface area contributed by atoms with Crippen LogP contribution < -0.4 is 10.6 Å². The van der Waals surface area contributed by atoms with Crippen LogP contribution in [0.1, 0.15) is 55.2 Å². The molecule has 3 aromatic rings. The second kappa shape index (κ2) is 7.97. The molecule has 1 aliphatic carbocycles. The zero-order valence-corrected chi connectivity index (χ0v) is 17.0. The Hall–Kier alpha value is -2.31. The van der Waals surface area contributed by atoms with Crippen LogP contribution in [0, 0.1) is 0 Å². The second-order valence-electron chi connectivity index (χ2n) is 6.97. The van der Waals surface area contributed by atoms with E-state index in [0.29, 0.717) is 10.0 Å². The van der Waals surface area contributed by atoms with Gasteiger partial charge in [0.15, 0.2) is 11.5 Å². The predicted octanol–water partition coefficient (Wildman–Crippen LogP) is 4.86. The van der Waals surface area contributed by atoms with Gasteiger partial charge in [0.25, 0.3) is 0 Å². The van der Waals surface area contributed by atoms with Gasteiger partial charge >= 0.3 is 6.03 Å². The Labute approximate surface area is 173 Å². The molecule has 146 valence electrons. The van der Waals surface area contributed by atoms with Gasteiger partial charge in [0.1, 0.15) is 0 Å². The molecular weight excluding hydrogens is 397 g/mol. The molecule has 2 unspecified atom stereocenters. The minimum Gasteiger partial charge on any atom is -0.331 e. The lowest BCUT2D eigenvalue weighted by Crippen LogP contribution is -2.40. The molecule has 4 rings (SSSR count). The van der Waals surface area contributed by atoms with E-state index in [4.69, 9.17) is 23.2 Å². The van der Waals surface area contributed by atoms with Gasteiger partial charge < -0.3 is 10.6 Å². The lowest BCUT2D eigenvalue weighted by molar-refractivity contribution is 0.231. The molecule has 0 bridgehead atoms. The average Bonchev–Trinajstić information content (AvgIpc) is 3.29. The van der Waals surface area contributed by atoms with Gasteiger partial charge in [0, 0.05) is 6.20 Å². The topological polar surface area (TPSA) is 71.3 Å². The number of hydrogen-bond donors (Lipinski definition) is 2. The Morgan fingerprint density at radius 1 is 1.29 bits per heavy atom. The summed E-state index contributed by atoms with van der Waals surface area (Å²) in [5, 5.41) is 15.8. The van der Waals surface area contributed by atoms with E-state index in [0.717, 1.165) is 48.3 Å². The number of aromatic nitrogens is 3. The van der Waals surface area contributed by atoms with E-state index in [2.05, 4.69) is 27.8 Å². The van der Waals surface area contributed by atoms with Gasteiger partial charge in [0.2, 0.25) is 0 Å². The first-order chi connectivity index (χ1) is 13.6. The van der Waals surface area contributed by atoms with Crippen LogP contribution in [0.4, 0.5) is 4.79 Å². The highest BCUT2D eigenvalue weighted by Crippen LogP contribution is 2.39. The molecule has 2 N–H and O–H groups in total. The van der Waals surface area contributed by atoms with E-state index in [-0.39, 0.29) is 18.1 Å². The van der Waals surface area contributed by atoms with Gasteiger partial charge in [-0.3, -0.25) is 4.40 Å². The SMILES string of the molecule is CCCC(NC(=O)NC1CCc2c1ccc(Cl)c2Cl)c1nnc2ccccn12. The Bertz CT molecular complexity index is 1020. The Morgan fingerprint density at radius 2 is 2.14 bits per heavy atom. The van der Waals surface area contributed by atoms with E-state index in [1.54, 1.807) is 6.07 Å². The highest BCUT2D eigenvalue weighted by atomic mass is 35.5. The van der Waals surface area contributed by atoms with Gasteiger partial charge in [-0.2, -0.15) is 0 Å². The van der Waals surface area contributed by atoms with E-state index in [1.165, 1.54) is 0 Å². The highest BCUT2D eigenvalue weighted by Gasteiger charge is 2.28.